The molecule has 0 nitrogen and oxygen atoms in total. The van der Waals surface area contributed by atoms with E-state index >= 15 is 0 Å². The molecule has 2 fully saturated rings. The lowest BCUT2D eigenvalue weighted by atomic mass is 9.65. The molecule has 0 aromatic carbocycles. The van der Waals surface area contributed by atoms with Crippen LogP contribution in [0.1, 0.15) is 52.4 Å². The fourth-order valence-corrected chi connectivity index (χ4v) is 3.36. The molecule has 4 atom stereocenters. The Balaban J connectivity index is 1.94. The van der Waals surface area contributed by atoms with E-state index in [4.69, 9.17) is 0 Å². The van der Waals surface area contributed by atoms with Crippen LogP contribution in [-0.4, -0.2) is 0 Å². The van der Waals surface area contributed by atoms with Gasteiger partial charge in [-0.25, -0.2) is 0 Å². The molecule has 0 heterocycles. The predicted molar refractivity (Wildman–Crippen MR) is 53.0 cm³/mol. The lowest BCUT2D eigenvalue weighted by molar-refractivity contribution is 0.109. The van der Waals surface area contributed by atoms with Crippen LogP contribution in [0.15, 0.2) is 0 Å². The summed E-state index contributed by atoms with van der Waals surface area (Å²) in [6.07, 6.45) is 9.17. The first-order chi connectivity index (χ1) is 5.75. The van der Waals surface area contributed by atoms with Crippen molar-refractivity contribution in [2.75, 3.05) is 0 Å². The van der Waals surface area contributed by atoms with E-state index in [1.54, 1.807) is 0 Å². The summed E-state index contributed by atoms with van der Waals surface area (Å²) in [7, 11) is 0. The van der Waals surface area contributed by atoms with Gasteiger partial charge >= 0.3 is 0 Å². The molecule has 0 saturated heterocycles. The van der Waals surface area contributed by atoms with E-state index in [-0.39, 0.29) is 0 Å². The zero-order chi connectivity index (χ0) is 8.55. The molecule has 0 radical (unpaired) electrons. The van der Waals surface area contributed by atoms with E-state index in [2.05, 4.69) is 13.8 Å². The Bertz CT molecular complexity index is 132. The van der Waals surface area contributed by atoms with Crippen LogP contribution in [-0.2, 0) is 0 Å². The van der Waals surface area contributed by atoms with Crippen molar-refractivity contribution in [1.29, 1.82) is 0 Å². The maximum atomic E-state index is 2.44. The molecular weight excluding hydrogens is 144 g/mol. The van der Waals surface area contributed by atoms with Crippen LogP contribution in [0, 0.1) is 23.7 Å². The summed E-state index contributed by atoms with van der Waals surface area (Å²) in [5, 5.41) is 0. The first-order valence-corrected chi connectivity index (χ1v) is 5.75. The number of rotatable bonds is 0. The Labute approximate surface area is 76.7 Å². The van der Waals surface area contributed by atoms with Crippen molar-refractivity contribution in [3.8, 4) is 0 Å². The lowest BCUT2D eigenvalue weighted by Gasteiger charge is -2.40. The number of fused-ring (bicyclic) bond motifs is 1. The average Bonchev–Trinajstić information content (AvgIpc) is 2.05. The van der Waals surface area contributed by atoms with E-state index in [0.29, 0.717) is 0 Å². The molecule has 2 aliphatic carbocycles. The molecule has 2 saturated carbocycles. The monoisotopic (exact) mass is 166 g/mol. The summed E-state index contributed by atoms with van der Waals surface area (Å²) in [5.41, 5.74) is 0. The van der Waals surface area contributed by atoms with Crippen molar-refractivity contribution in [3.63, 3.8) is 0 Å². The molecule has 0 spiro atoms. The zero-order valence-electron chi connectivity index (χ0n) is 8.55. The van der Waals surface area contributed by atoms with Crippen LogP contribution in [0.5, 0.6) is 0 Å². The molecule has 0 heteroatoms. The van der Waals surface area contributed by atoms with Crippen molar-refractivity contribution < 1.29 is 0 Å². The molecule has 0 amide bonds. The molecular formula is C12H22. The van der Waals surface area contributed by atoms with E-state index in [9.17, 15) is 0 Å². The van der Waals surface area contributed by atoms with Crippen LogP contribution in [0.25, 0.3) is 0 Å². The van der Waals surface area contributed by atoms with E-state index in [1.807, 2.05) is 0 Å². The van der Waals surface area contributed by atoms with Gasteiger partial charge in [-0.15, -0.1) is 0 Å². The minimum atomic E-state index is 1.03. The van der Waals surface area contributed by atoms with Gasteiger partial charge in [-0.2, -0.15) is 0 Å². The third kappa shape index (κ3) is 1.67. The first kappa shape index (κ1) is 8.59. The van der Waals surface area contributed by atoms with Crippen molar-refractivity contribution in [2.24, 2.45) is 23.7 Å². The Morgan fingerprint density at radius 1 is 0.667 bits per heavy atom. The lowest BCUT2D eigenvalue weighted by Crippen LogP contribution is -2.29. The number of hydrogen-bond acceptors (Lipinski definition) is 0. The van der Waals surface area contributed by atoms with Crippen LogP contribution in [0.2, 0.25) is 0 Å². The van der Waals surface area contributed by atoms with E-state index in [0.717, 1.165) is 23.7 Å². The molecule has 0 aromatic rings. The highest BCUT2D eigenvalue weighted by molar-refractivity contribution is 4.83. The Hall–Kier alpha value is 0. The fraction of sp³-hybridized carbons (Fsp3) is 1.00. The van der Waals surface area contributed by atoms with Crippen molar-refractivity contribution in [2.45, 2.75) is 52.4 Å². The molecule has 0 unspecified atom stereocenters. The smallest absolute Gasteiger partial charge is 0.0383 e. The predicted octanol–water partition coefficient (Wildman–Crippen LogP) is 3.86. The second-order valence-electron chi connectivity index (χ2n) is 5.36. The van der Waals surface area contributed by atoms with Crippen molar-refractivity contribution >= 4 is 0 Å². The second-order valence-corrected chi connectivity index (χ2v) is 5.36. The quantitative estimate of drug-likeness (QED) is 0.512. The normalized spacial score (nSPS) is 48.5. The van der Waals surface area contributed by atoms with Gasteiger partial charge in [0.25, 0.3) is 0 Å². The van der Waals surface area contributed by atoms with E-state index in [1.165, 1.54) is 38.5 Å². The molecule has 0 N–H and O–H groups in total. The maximum Gasteiger partial charge on any atom is -0.0383 e. The molecule has 12 heavy (non-hydrogen) atoms. The first-order valence-electron chi connectivity index (χ1n) is 5.75. The minimum Gasteiger partial charge on any atom is -0.0625 e. The second kappa shape index (κ2) is 3.40. The molecule has 70 valence electrons. The van der Waals surface area contributed by atoms with Crippen LogP contribution >= 0.6 is 0 Å². The van der Waals surface area contributed by atoms with E-state index < -0.39 is 0 Å². The zero-order valence-corrected chi connectivity index (χ0v) is 8.55. The standard InChI is InChI=1S/C12H22/c1-9-3-5-12-8-10(2)4-6-11(12)7-9/h9-12H,3-8H2,1-2H3/t9-,10+,11+,12-. The fourth-order valence-electron chi connectivity index (χ4n) is 3.36. The van der Waals surface area contributed by atoms with Gasteiger partial charge in [0.1, 0.15) is 0 Å². The van der Waals surface area contributed by atoms with Gasteiger partial charge in [-0.05, 0) is 49.4 Å². The highest BCUT2D eigenvalue weighted by atomic mass is 14.4. The highest BCUT2D eigenvalue weighted by Gasteiger charge is 2.32. The SMILES string of the molecule is C[C@@H]1CC[C@@H]2C[C@@H](C)CC[C@H]2C1. The third-order valence-electron chi connectivity index (χ3n) is 4.14. The Morgan fingerprint density at radius 2 is 1.08 bits per heavy atom. The largest absolute Gasteiger partial charge is 0.0625 e. The number of hydrogen-bond donors (Lipinski definition) is 0. The molecule has 0 aromatic heterocycles. The van der Waals surface area contributed by atoms with Crippen LogP contribution < -0.4 is 0 Å². The molecule has 2 aliphatic rings. The topological polar surface area (TPSA) is 0 Å². The summed E-state index contributed by atoms with van der Waals surface area (Å²) in [4.78, 5) is 0. The minimum absolute atomic E-state index is 1.03. The van der Waals surface area contributed by atoms with Gasteiger partial charge in [0.2, 0.25) is 0 Å². The molecule has 2 rings (SSSR count). The van der Waals surface area contributed by atoms with Crippen LogP contribution in [0.4, 0.5) is 0 Å². The van der Waals surface area contributed by atoms with Gasteiger partial charge in [0.05, 0.1) is 0 Å². The average molecular weight is 166 g/mol. The summed E-state index contributed by atoms with van der Waals surface area (Å²) >= 11 is 0. The van der Waals surface area contributed by atoms with Gasteiger partial charge in [0.15, 0.2) is 0 Å². The molecule has 0 aliphatic heterocycles. The highest BCUT2D eigenvalue weighted by Crippen LogP contribution is 2.44. The van der Waals surface area contributed by atoms with Gasteiger partial charge in [0, 0.05) is 0 Å². The summed E-state index contributed by atoms with van der Waals surface area (Å²) < 4.78 is 0. The summed E-state index contributed by atoms with van der Waals surface area (Å²) in [6.45, 7) is 4.88. The third-order valence-corrected chi connectivity index (χ3v) is 4.14. The van der Waals surface area contributed by atoms with Gasteiger partial charge in [-0.3, -0.25) is 0 Å². The summed E-state index contributed by atoms with van der Waals surface area (Å²) in [5.74, 6) is 4.29. The van der Waals surface area contributed by atoms with Crippen molar-refractivity contribution in [3.05, 3.63) is 0 Å². The van der Waals surface area contributed by atoms with Crippen LogP contribution in [0.3, 0.4) is 0 Å². The van der Waals surface area contributed by atoms with Crippen molar-refractivity contribution in [1.82, 2.24) is 0 Å². The summed E-state index contributed by atoms with van der Waals surface area (Å²) in [6, 6.07) is 0. The van der Waals surface area contributed by atoms with Gasteiger partial charge in [-0.1, -0.05) is 26.7 Å². The van der Waals surface area contributed by atoms with Gasteiger partial charge < -0.3 is 0 Å². The Morgan fingerprint density at radius 3 is 1.50 bits per heavy atom. The molecule has 0 bridgehead atoms. The Kier molecular flexibility index (Phi) is 2.43. The maximum absolute atomic E-state index is 2.44.